The third-order valence-electron chi connectivity index (χ3n) is 5.74. The van der Waals surface area contributed by atoms with Crippen LogP contribution in [0, 0.1) is 5.92 Å². The minimum absolute atomic E-state index is 0.321. The van der Waals surface area contributed by atoms with Crippen LogP contribution in [0.3, 0.4) is 0 Å². The summed E-state index contributed by atoms with van der Waals surface area (Å²) in [5, 5.41) is 0. The first kappa shape index (κ1) is 24.4. The zero-order valence-corrected chi connectivity index (χ0v) is 19.9. The molecule has 0 bridgehead atoms. The van der Waals surface area contributed by atoms with Crippen molar-refractivity contribution in [2.24, 2.45) is 5.92 Å². The molecule has 2 aromatic carbocycles. The van der Waals surface area contributed by atoms with Crippen LogP contribution in [-0.4, -0.2) is 22.7 Å². The first-order valence-corrected chi connectivity index (χ1v) is 12.0. The monoisotopic (exact) mass is 446 g/mol. The number of hydrogen-bond donors (Lipinski definition) is 0. The minimum Gasteiger partial charge on any atom is -0.434 e. The fraction of sp³-hybridized carbons (Fsp3) is 0.393. The van der Waals surface area contributed by atoms with Crippen molar-refractivity contribution in [3.05, 3.63) is 66.5 Å². The average molecular weight is 447 g/mol. The standard InChI is InChI=1S/C28H34N2O3/c1-4-6-7-8-9-22-18-29-27(30-19-22)25-12-10-23(11-13-25)24-14-16-26(17-15-24)33-28(31)32-20-21(3)5-2/h10-19,21H,4-9,20H2,1-3H3. The van der Waals surface area contributed by atoms with Gasteiger partial charge in [0.25, 0.3) is 0 Å². The maximum Gasteiger partial charge on any atom is 0.513 e. The Hall–Kier alpha value is -3.21. The minimum atomic E-state index is -0.667. The molecule has 0 aliphatic heterocycles. The maximum absolute atomic E-state index is 11.8. The van der Waals surface area contributed by atoms with Gasteiger partial charge in [-0.1, -0.05) is 82.9 Å². The second kappa shape index (κ2) is 12.7. The number of nitrogens with zero attached hydrogens (tertiary/aromatic N) is 2. The number of unbranched alkanes of at least 4 members (excludes halogenated alkanes) is 3. The first-order valence-electron chi connectivity index (χ1n) is 12.0. The van der Waals surface area contributed by atoms with Crippen LogP contribution in [0.5, 0.6) is 5.75 Å². The number of carbonyl (C=O) groups is 1. The van der Waals surface area contributed by atoms with E-state index in [0.717, 1.165) is 35.4 Å². The van der Waals surface area contributed by atoms with E-state index < -0.39 is 6.16 Å². The van der Waals surface area contributed by atoms with E-state index >= 15 is 0 Å². The van der Waals surface area contributed by atoms with Crippen molar-refractivity contribution in [3.8, 4) is 28.3 Å². The van der Waals surface area contributed by atoms with Crippen molar-refractivity contribution in [2.45, 2.75) is 59.3 Å². The highest BCUT2D eigenvalue weighted by Gasteiger charge is 2.09. The number of carbonyl (C=O) groups excluding carboxylic acids is 1. The summed E-state index contributed by atoms with van der Waals surface area (Å²) < 4.78 is 10.4. The van der Waals surface area contributed by atoms with Crippen molar-refractivity contribution < 1.29 is 14.3 Å². The molecule has 1 aromatic heterocycles. The van der Waals surface area contributed by atoms with Crippen molar-refractivity contribution in [1.29, 1.82) is 0 Å². The van der Waals surface area contributed by atoms with Gasteiger partial charge in [-0.25, -0.2) is 14.8 Å². The number of benzene rings is 2. The molecular weight excluding hydrogens is 412 g/mol. The van der Waals surface area contributed by atoms with Crippen LogP contribution < -0.4 is 4.74 Å². The number of hydrogen-bond acceptors (Lipinski definition) is 5. The summed E-state index contributed by atoms with van der Waals surface area (Å²) in [6.45, 7) is 6.68. The Labute approximate surface area is 197 Å². The normalized spacial score (nSPS) is 11.7. The van der Waals surface area contributed by atoms with E-state index in [1.54, 1.807) is 12.1 Å². The molecule has 1 heterocycles. The second-order valence-electron chi connectivity index (χ2n) is 8.50. The van der Waals surface area contributed by atoms with Crippen molar-refractivity contribution in [3.63, 3.8) is 0 Å². The van der Waals surface area contributed by atoms with Crippen molar-refractivity contribution in [1.82, 2.24) is 9.97 Å². The highest BCUT2D eigenvalue weighted by Crippen LogP contribution is 2.25. The van der Waals surface area contributed by atoms with Crippen molar-refractivity contribution in [2.75, 3.05) is 6.61 Å². The summed E-state index contributed by atoms with van der Waals surface area (Å²) >= 11 is 0. The van der Waals surface area contributed by atoms with Gasteiger partial charge in [0.15, 0.2) is 5.82 Å². The number of ether oxygens (including phenoxy) is 2. The van der Waals surface area contributed by atoms with Gasteiger partial charge in [0, 0.05) is 18.0 Å². The van der Waals surface area contributed by atoms with Gasteiger partial charge in [0.2, 0.25) is 0 Å². The molecule has 0 aliphatic rings. The summed E-state index contributed by atoms with van der Waals surface area (Å²) in [5.41, 5.74) is 4.28. The van der Waals surface area contributed by atoms with Gasteiger partial charge in [-0.05, 0) is 47.6 Å². The van der Waals surface area contributed by atoms with Gasteiger partial charge in [0.1, 0.15) is 5.75 Å². The Morgan fingerprint density at radius 3 is 2.06 bits per heavy atom. The fourth-order valence-corrected chi connectivity index (χ4v) is 3.37. The molecule has 0 saturated carbocycles. The SMILES string of the molecule is CCCCCCc1cnc(-c2ccc(-c3ccc(OC(=O)OCC(C)CC)cc3)cc2)nc1. The molecule has 0 saturated heterocycles. The summed E-state index contributed by atoms with van der Waals surface area (Å²) in [7, 11) is 0. The molecule has 0 aliphatic carbocycles. The van der Waals surface area contributed by atoms with Gasteiger partial charge < -0.3 is 9.47 Å². The van der Waals surface area contributed by atoms with Crippen LogP contribution in [0.4, 0.5) is 4.79 Å². The molecule has 3 rings (SSSR count). The van der Waals surface area contributed by atoms with E-state index in [9.17, 15) is 4.79 Å². The van der Waals surface area contributed by atoms with E-state index in [1.165, 1.54) is 31.2 Å². The zero-order valence-electron chi connectivity index (χ0n) is 19.9. The lowest BCUT2D eigenvalue weighted by Crippen LogP contribution is -2.15. The van der Waals surface area contributed by atoms with Gasteiger partial charge in [-0.3, -0.25) is 0 Å². The molecule has 1 unspecified atom stereocenters. The highest BCUT2D eigenvalue weighted by atomic mass is 16.7. The smallest absolute Gasteiger partial charge is 0.434 e. The molecule has 33 heavy (non-hydrogen) atoms. The van der Waals surface area contributed by atoms with Gasteiger partial charge in [0.05, 0.1) is 6.61 Å². The zero-order chi connectivity index (χ0) is 23.5. The summed E-state index contributed by atoms with van der Waals surface area (Å²) in [6, 6.07) is 15.6. The molecule has 0 fully saturated rings. The summed E-state index contributed by atoms with van der Waals surface area (Å²) in [5.74, 6) is 1.52. The van der Waals surface area contributed by atoms with Gasteiger partial charge in [-0.2, -0.15) is 0 Å². The lowest BCUT2D eigenvalue weighted by molar-refractivity contribution is 0.0857. The van der Waals surface area contributed by atoms with Gasteiger partial charge >= 0.3 is 6.16 Å². The molecule has 174 valence electrons. The van der Waals surface area contributed by atoms with Crippen LogP contribution in [0.2, 0.25) is 0 Å². The average Bonchev–Trinajstić information content (AvgIpc) is 2.86. The van der Waals surface area contributed by atoms with E-state index in [2.05, 4.69) is 23.8 Å². The summed E-state index contributed by atoms with van der Waals surface area (Å²) in [6.07, 6.45) is 10.2. The Bertz CT molecular complexity index is 983. The fourth-order valence-electron chi connectivity index (χ4n) is 3.37. The Morgan fingerprint density at radius 1 is 0.848 bits per heavy atom. The van der Waals surface area contributed by atoms with E-state index in [1.807, 2.05) is 55.7 Å². The summed E-state index contributed by atoms with van der Waals surface area (Å²) in [4.78, 5) is 20.9. The number of rotatable bonds is 11. The predicted octanol–water partition coefficient (Wildman–Crippen LogP) is 7.49. The third-order valence-corrected chi connectivity index (χ3v) is 5.74. The van der Waals surface area contributed by atoms with Crippen LogP contribution in [0.1, 0.15) is 58.4 Å². The quantitative estimate of drug-likeness (QED) is 0.173. The molecule has 0 amide bonds. The molecular formula is C28H34N2O3. The second-order valence-corrected chi connectivity index (χ2v) is 8.50. The third kappa shape index (κ3) is 7.70. The molecule has 5 nitrogen and oxygen atoms in total. The Balaban J connectivity index is 1.56. The molecule has 0 radical (unpaired) electrons. The molecule has 5 heteroatoms. The van der Waals surface area contributed by atoms with Gasteiger partial charge in [-0.15, -0.1) is 0 Å². The lowest BCUT2D eigenvalue weighted by Gasteiger charge is -2.10. The van der Waals surface area contributed by atoms with E-state index in [4.69, 9.17) is 9.47 Å². The largest absolute Gasteiger partial charge is 0.513 e. The Morgan fingerprint density at radius 2 is 1.45 bits per heavy atom. The van der Waals surface area contributed by atoms with Crippen LogP contribution in [0.15, 0.2) is 60.9 Å². The Kier molecular flexibility index (Phi) is 9.43. The van der Waals surface area contributed by atoms with Crippen LogP contribution in [-0.2, 0) is 11.2 Å². The van der Waals surface area contributed by atoms with Crippen LogP contribution in [0.25, 0.3) is 22.5 Å². The van der Waals surface area contributed by atoms with E-state index in [-0.39, 0.29) is 0 Å². The topological polar surface area (TPSA) is 61.3 Å². The molecule has 3 aromatic rings. The first-order chi connectivity index (χ1) is 16.1. The molecule has 0 spiro atoms. The predicted molar refractivity (Wildman–Crippen MR) is 132 cm³/mol. The number of aryl methyl sites for hydroxylation is 1. The highest BCUT2D eigenvalue weighted by molar-refractivity contribution is 5.69. The van der Waals surface area contributed by atoms with Crippen molar-refractivity contribution >= 4 is 6.16 Å². The maximum atomic E-state index is 11.8. The lowest BCUT2D eigenvalue weighted by atomic mass is 10.0. The number of aromatic nitrogens is 2. The molecule has 1 atom stereocenters. The van der Waals surface area contributed by atoms with E-state index in [0.29, 0.717) is 18.3 Å². The molecule has 0 N–H and O–H groups in total. The van der Waals surface area contributed by atoms with Crippen LogP contribution >= 0.6 is 0 Å².